The molecule has 0 bridgehead atoms. The second-order valence-corrected chi connectivity index (χ2v) is 6.02. The van der Waals surface area contributed by atoms with E-state index in [1.54, 1.807) is 7.11 Å². The molecule has 0 aliphatic carbocycles. The van der Waals surface area contributed by atoms with Gasteiger partial charge in [-0.3, -0.25) is 4.79 Å². The number of anilines is 1. The molecule has 2 aromatic rings. The highest BCUT2D eigenvalue weighted by atomic mass is 16.5. The minimum atomic E-state index is -0.0775. The minimum absolute atomic E-state index is 0.0775. The smallest absolute Gasteiger partial charge is 0.251 e. The molecule has 25 heavy (non-hydrogen) atoms. The fourth-order valence-corrected chi connectivity index (χ4v) is 2.91. The van der Waals surface area contributed by atoms with Gasteiger partial charge in [0.1, 0.15) is 18.1 Å². The molecule has 2 aromatic carbocycles. The van der Waals surface area contributed by atoms with Crippen LogP contribution in [-0.2, 0) is 0 Å². The molecule has 1 fully saturated rings. The Bertz CT molecular complexity index is 677. The molecule has 0 spiro atoms. The maximum Gasteiger partial charge on any atom is 0.251 e. The van der Waals surface area contributed by atoms with Gasteiger partial charge < -0.3 is 19.7 Å². The summed E-state index contributed by atoms with van der Waals surface area (Å²) in [5.74, 6) is 1.47. The Hall–Kier alpha value is -2.69. The minimum Gasteiger partial charge on any atom is -0.497 e. The summed E-state index contributed by atoms with van der Waals surface area (Å²) in [4.78, 5) is 14.5. The van der Waals surface area contributed by atoms with Crippen LogP contribution in [0.3, 0.4) is 0 Å². The molecule has 5 nitrogen and oxygen atoms in total. The van der Waals surface area contributed by atoms with E-state index < -0.39 is 0 Å². The molecule has 3 rings (SSSR count). The van der Waals surface area contributed by atoms with Crippen LogP contribution in [0, 0.1) is 0 Å². The molecular formula is C20H24N2O3. The van der Waals surface area contributed by atoms with E-state index >= 15 is 0 Å². The molecule has 0 unspecified atom stereocenters. The number of benzene rings is 2. The summed E-state index contributed by atoms with van der Waals surface area (Å²) in [7, 11) is 1.63. The van der Waals surface area contributed by atoms with Crippen molar-refractivity contribution >= 4 is 11.6 Å². The average molecular weight is 340 g/mol. The zero-order chi connectivity index (χ0) is 17.5. The van der Waals surface area contributed by atoms with E-state index in [9.17, 15) is 4.79 Å². The Kier molecular flexibility index (Phi) is 5.77. The van der Waals surface area contributed by atoms with Gasteiger partial charge in [0.05, 0.1) is 13.7 Å². The summed E-state index contributed by atoms with van der Waals surface area (Å²) in [5, 5.41) is 2.88. The van der Waals surface area contributed by atoms with Crippen molar-refractivity contribution in [2.75, 3.05) is 38.3 Å². The van der Waals surface area contributed by atoms with Gasteiger partial charge >= 0.3 is 0 Å². The molecule has 1 saturated heterocycles. The molecular weight excluding hydrogens is 316 g/mol. The quantitative estimate of drug-likeness (QED) is 0.787. The van der Waals surface area contributed by atoms with Gasteiger partial charge in [-0.05, 0) is 61.4 Å². The first kappa shape index (κ1) is 17.1. The summed E-state index contributed by atoms with van der Waals surface area (Å²) in [6.45, 7) is 3.09. The number of rotatable bonds is 7. The van der Waals surface area contributed by atoms with Crippen LogP contribution in [0.15, 0.2) is 48.5 Å². The number of hydrogen-bond acceptors (Lipinski definition) is 4. The summed E-state index contributed by atoms with van der Waals surface area (Å²) >= 11 is 0. The van der Waals surface area contributed by atoms with Gasteiger partial charge in [0.15, 0.2) is 0 Å². The van der Waals surface area contributed by atoms with Gasteiger partial charge in [0.2, 0.25) is 0 Å². The van der Waals surface area contributed by atoms with Crippen molar-refractivity contribution in [3.8, 4) is 11.5 Å². The van der Waals surface area contributed by atoms with Gasteiger partial charge in [-0.15, -0.1) is 0 Å². The van der Waals surface area contributed by atoms with Gasteiger partial charge in [-0.2, -0.15) is 0 Å². The predicted octanol–water partition coefficient (Wildman–Crippen LogP) is 3.10. The number of hydrogen-bond donors (Lipinski definition) is 1. The summed E-state index contributed by atoms with van der Waals surface area (Å²) < 4.78 is 10.7. The first-order chi connectivity index (χ1) is 12.3. The lowest BCUT2D eigenvalue weighted by Gasteiger charge is -2.17. The molecule has 1 aliphatic rings. The number of amides is 1. The van der Waals surface area contributed by atoms with Crippen LogP contribution in [0.1, 0.15) is 23.2 Å². The van der Waals surface area contributed by atoms with E-state index in [0.717, 1.165) is 24.6 Å². The maximum atomic E-state index is 12.2. The van der Waals surface area contributed by atoms with Crippen LogP contribution in [-0.4, -0.2) is 39.3 Å². The van der Waals surface area contributed by atoms with Crippen LogP contribution in [0.5, 0.6) is 11.5 Å². The van der Waals surface area contributed by atoms with Crippen LogP contribution in [0.25, 0.3) is 0 Å². The first-order valence-corrected chi connectivity index (χ1v) is 8.66. The molecule has 0 atom stereocenters. The number of ether oxygens (including phenoxy) is 2. The van der Waals surface area contributed by atoms with Gasteiger partial charge in [-0.1, -0.05) is 0 Å². The Morgan fingerprint density at radius 3 is 2.28 bits per heavy atom. The van der Waals surface area contributed by atoms with E-state index in [4.69, 9.17) is 9.47 Å². The second-order valence-electron chi connectivity index (χ2n) is 6.02. The maximum absolute atomic E-state index is 12.2. The summed E-state index contributed by atoms with van der Waals surface area (Å²) in [5.41, 5.74) is 1.87. The van der Waals surface area contributed by atoms with Crippen molar-refractivity contribution in [3.63, 3.8) is 0 Å². The Morgan fingerprint density at radius 2 is 1.64 bits per heavy atom. The fraction of sp³-hybridized carbons (Fsp3) is 0.350. The van der Waals surface area contributed by atoms with Crippen LogP contribution < -0.4 is 19.7 Å². The molecule has 0 radical (unpaired) electrons. The Morgan fingerprint density at radius 1 is 1.00 bits per heavy atom. The number of carbonyl (C=O) groups excluding carboxylic acids is 1. The molecule has 1 amide bonds. The van der Waals surface area contributed by atoms with Crippen LogP contribution >= 0.6 is 0 Å². The largest absolute Gasteiger partial charge is 0.497 e. The third kappa shape index (κ3) is 4.66. The lowest BCUT2D eigenvalue weighted by molar-refractivity contribution is 0.0947. The lowest BCUT2D eigenvalue weighted by atomic mass is 10.2. The van der Waals surface area contributed by atoms with E-state index in [1.807, 2.05) is 48.5 Å². The zero-order valence-electron chi connectivity index (χ0n) is 14.5. The van der Waals surface area contributed by atoms with Crippen molar-refractivity contribution in [2.24, 2.45) is 0 Å². The highest BCUT2D eigenvalue weighted by molar-refractivity contribution is 5.94. The second kappa shape index (κ2) is 8.42. The van der Waals surface area contributed by atoms with Gasteiger partial charge in [0.25, 0.3) is 5.91 Å². The monoisotopic (exact) mass is 340 g/mol. The molecule has 0 aromatic heterocycles. The number of nitrogens with one attached hydrogen (secondary N) is 1. The third-order valence-corrected chi connectivity index (χ3v) is 4.32. The number of nitrogens with zero attached hydrogens (tertiary/aromatic N) is 1. The van der Waals surface area contributed by atoms with Crippen molar-refractivity contribution in [1.82, 2.24) is 5.32 Å². The normalized spacial score (nSPS) is 13.6. The van der Waals surface area contributed by atoms with Crippen molar-refractivity contribution in [2.45, 2.75) is 12.8 Å². The molecule has 132 valence electrons. The predicted molar refractivity (Wildman–Crippen MR) is 98.7 cm³/mol. The van der Waals surface area contributed by atoms with E-state index in [0.29, 0.717) is 18.7 Å². The van der Waals surface area contributed by atoms with Gasteiger partial charge in [0, 0.05) is 24.3 Å². The standard InChI is InChI=1S/C20H24N2O3/c1-24-18-8-10-19(11-9-18)25-15-12-21-20(23)16-4-6-17(7-5-16)22-13-2-3-14-22/h4-11H,2-3,12-15H2,1H3,(H,21,23). The van der Waals surface area contributed by atoms with E-state index in [2.05, 4.69) is 10.2 Å². The molecule has 1 heterocycles. The highest BCUT2D eigenvalue weighted by Gasteiger charge is 2.12. The fourth-order valence-electron chi connectivity index (χ4n) is 2.91. The van der Waals surface area contributed by atoms with Crippen LogP contribution in [0.2, 0.25) is 0 Å². The van der Waals surface area contributed by atoms with E-state index in [-0.39, 0.29) is 5.91 Å². The van der Waals surface area contributed by atoms with Crippen molar-refractivity contribution in [1.29, 1.82) is 0 Å². The SMILES string of the molecule is COc1ccc(OCCNC(=O)c2ccc(N3CCCC3)cc2)cc1. The topological polar surface area (TPSA) is 50.8 Å². The molecule has 1 aliphatic heterocycles. The number of methoxy groups -OCH3 is 1. The van der Waals surface area contributed by atoms with Gasteiger partial charge in [-0.25, -0.2) is 0 Å². The molecule has 1 N–H and O–H groups in total. The van der Waals surface area contributed by atoms with E-state index in [1.165, 1.54) is 18.5 Å². The summed E-state index contributed by atoms with van der Waals surface area (Å²) in [6.07, 6.45) is 2.49. The first-order valence-electron chi connectivity index (χ1n) is 8.66. The Labute approximate surface area is 148 Å². The van der Waals surface area contributed by atoms with Crippen molar-refractivity contribution < 1.29 is 14.3 Å². The summed E-state index contributed by atoms with van der Waals surface area (Å²) in [6, 6.07) is 15.2. The highest BCUT2D eigenvalue weighted by Crippen LogP contribution is 2.20. The lowest BCUT2D eigenvalue weighted by Crippen LogP contribution is -2.28. The van der Waals surface area contributed by atoms with Crippen LogP contribution in [0.4, 0.5) is 5.69 Å². The molecule has 0 saturated carbocycles. The Balaban J connectivity index is 1.42. The molecule has 5 heteroatoms. The third-order valence-electron chi connectivity index (χ3n) is 4.32. The zero-order valence-corrected chi connectivity index (χ0v) is 14.5. The van der Waals surface area contributed by atoms with Crippen molar-refractivity contribution in [3.05, 3.63) is 54.1 Å². The average Bonchev–Trinajstić information content (AvgIpc) is 3.20. The number of carbonyl (C=O) groups is 1.